The maximum Gasteiger partial charge on any atom is 0.307 e. The van der Waals surface area contributed by atoms with Gasteiger partial charge in [0.25, 0.3) is 0 Å². The first kappa shape index (κ1) is 20.7. The summed E-state index contributed by atoms with van der Waals surface area (Å²) in [6.07, 6.45) is 0.664. The summed E-state index contributed by atoms with van der Waals surface area (Å²) in [5, 5.41) is 5.57. The SMILES string of the molecule is CCCOC(=O)CC1C(=O)NCCN1CC(=O)NCc1ccc(OC)cc1. The highest BCUT2D eigenvalue weighted by Gasteiger charge is 2.33. The first-order chi connectivity index (χ1) is 13.0. The summed E-state index contributed by atoms with van der Waals surface area (Å²) in [7, 11) is 1.60. The van der Waals surface area contributed by atoms with Crippen LogP contribution in [0.4, 0.5) is 0 Å². The highest BCUT2D eigenvalue weighted by molar-refractivity contribution is 5.88. The van der Waals surface area contributed by atoms with Gasteiger partial charge < -0.3 is 20.1 Å². The number of carbonyl (C=O) groups excluding carboxylic acids is 3. The summed E-state index contributed by atoms with van der Waals surface area (Å²) < 4.78 is 10.2. The third-order valence-electron chi connectivity index (χ3n) is 4.26. The summed E-state index contributed by atoms with van der Waals surface area (Å²) in [6, 6.07) is 6.72. The van der Waals surface area contributed by atoms with Gasteiger partial charge in [-0.1, -0.05) is 19.1 Å². The van der Waals surface area contributed by atoms with Gasteiger partial charge in [0, 0.05) is 19.6 Å². The third-order valence-corrected chi connectivity index (χ3v) is 4.26. The van der Waals surface area contributed by atoms with E-state index in [0.717, 1.165) is 17.7 Å². The molecule has 8 heteroatoms. The second-order valence-corrected chi connectivity index (χ2v) is 6.33. The minimum absolute atomic E-state index is 0.0509. The van der Waals surface area contributed by atoms with Gasteiger partial charge in [0.2, 0.25) is 11.8 Å². The van der Waals surface area contributed by atoms with E-state index in [0.29, 0.717) is 26.2 Å². The number of hydrogen-bond acceptors (Lipinski definition) is 6. The van der Waals surface area contributed by atoms with Crippen molar-refractivity contribution in [3.05, 3.63) is 29.8 Å². The molecule has 148 valence electrons. The second-order valence-electron chi connectivity index (χ2n) is 6.33. The molecule has 1 heterocycles. The van der Waals surface area contributed by atoms with Crippen LogP contribution in [-0.4, -0.2) is 62.1 Å². The number of esters is 1. The fourth-order valence-electron chi connectivity index (χ4n) is 2.79. The van der Waals surface area contributed by atoms with Gasteiger partial charge in [-0.15, -0.1) is 0 Å². The van der Waals surface area contributed by atoms with Crippen molar-refractivity contribution < 1.29 is 23.9 Å². The van der Waals surface area contributed by atoms with Gasteiger partial charge in [-0.05, 0) is 24.1 Å². The van der Waals surface area contributed by atoms with Gasteiger partial charge in [0.05, 0.1) is 26.7 Å². The van der Waals surface area contributed by atoms with E-state index in [1.165, 1.54) is 0 Å². The standard InChI is InChI=1S/C19H27N3O5/c1-3-10-27-18(24)11-16-19(25)20-8-9-22(16)13-17(23)21-12-14-4-6-15(26-2)7-5-14/h4-7,16H,3,8-13H2,1-2H3,(H,20,25)(H,21,23). The number of hydrogen-bond donors (Lipinski definition) is 2. The minimum atomic E-state index is -0.685. The van der Waals surface area contributed by atoms with Gasteiger partial charge >= 0.3 is 5.97 Å². The molecule has 0 saturated carbocycles. The largest absolute Gasteiger partial charge is 0.497 e. The minimum Gasteiger partial charge on any atom is -0.497 e. The van der Waals surface area contributed by atoms with E-state index >= 15 is 0 Å². The fourth-order valence-corrected chi connectivity index (χ4v) is 2.79. The molecule has 2 rings (SSSR count). The number of amides is 2. The normalized spacial score (nSPS) is 17.1. The van der Waals surface area contributed by atoms with Crippen LogP contribution < -0.4 is 15.4 Å². The Kier molecular flexibility index (Phi) is 8.06. The predicted molar refractivity (Wildman–Crippen MR) is 99.1 cm³/mol. The number of nitrogens with zero attached hydrogens (tertiary/aromatic N) is 1. The summed E-state index contributed by atoms with van der Waals surface area (Å²) in [5.41, 5.74) is 0.945. The summed E-state index contributed by atoms with van der Waals surface area (Å²) >= 11 is 0. The zero-order chi connectivity index (χ0) is 19.6. The number of methoxy groups -OCH3 is 1. The maximum absolute atomic E-state index is 12.3. The molecule has 1 fully saturated rings. The van der Waals surface area contributed by atoms with E-state index in [9.17, 15) is 14.4 Å². The van der Waals surface area contributed by atoms with E-state index in [1.54, 1.807) is 12.0 Å². The Morgan fingerprint density at radius 1 is 1.30 bits per heavy atom. The summed E-state index contributed by atoms with van der Waals surface area (Å²) in [4.78, 5) is 38.0. The average Bonchev–Trinajstić information content (AvgIpc) is 2.67. The van der Waals surface area contributed by atoms with Crippen LogP contribution in [-0.2, 0) is 25.7 Å². The summed E-state index contributed by atoms with van der Waals surface area (Å²) in [5.74, 6) is -0.130. The molecule has 0 bridgehead atoms. The van der Waals surface area contributed by atoms with Crippen molar-refractivity contribution in [1.82, 2.24) is 15.5 Å². The molecule has 1 aliphatic rings. The van der Waals surface area contributed by atoms with E-state index in [-0.39, 0.29) is 24.8 Å². The monoisotopic (exact) mass is 377 g/mol. The molecule has 1 aromatic rings. The molecule has 1 aliphatic heterocycles. The highest BCUT2D eigenvalue weighted by atomic mass is 16.5. The smallest absolute Gasteiger partial charge is 0.307 e. The van der Waals surface area contributed by atoms with Crippen LogP contribution in [0.15, 0.2) is 24.3 Å². The molecule has 1 atom stereocenters. The number of ether oxygens (including phenoxy) is 2. The lowest BCUT2D eigenvalue weighted by Crippen LogP contribution is -2.57. The molecule has 27 heavy (non-hydrogen) atoms. The molecule has 2 amide bonds. The van der Waals surface area contributed by atoms with Crippen molar-refractivity contribution >= 4 is 17.8 Å². The Morgan fingerprint density at radius 3 is 2.70 bits per heavy atom. The Morgan fingerprint density at radius 2 is 2.04 bits per heavy atom. The van der Waals surface area contributed by atoms with Crippen molar-refractivity contribution in [2.45, 2.75) is 32.4 Å². The zero-order valence-corrected chi connectivity index (χ0v) is 15.8. The zero-order valence-electron chi connectivity index (χ0n) is 15.8. The lowest BCUT2D eigenvalue weighted by atomic mass is 10.1. The topological polar surface area (TPSA) is 97.0 Å². The number of rotatable bonds is 9. The molecule has 1 unspecified atom stereocenters. The Labute approximate surface area is 159 Å². The van der Waals surface area contributed by atoms with Crippen LogP contribution in [0.25, 0.3) is 0 Å². The van der Waals surface area contributed by atoms with Crippen LogP contribution in [0.5, 0.6) is 5.75 Å². The average molecular weight is 377 g/mol. The molecule has 2 N–H and O–H groups in total. The van der Waals surface area contributed by atoms with Crippen molar-refractivity contribution in [3.8, 4) is 5.75 Å². The molecule has 1 aromatic carbocycles. The molecule has 0 spiro atoms. The van der Waals surface area contributed by atoms with Crippen molar-refractivity contribution in [2.24, 2.45) is 0 Å². The highest BCUT2D eigenvalue weighted by Crippen LogP contribution is 2.12. The van der Waals surface area contributed by atoms with Crippen LogP contribution in [0, 0.1) is 0 Å². The number of benzene rings is 1. The summed E-state index contributed by atoms with van der Waals surface area (Å²) in [6.45, 7) is 3.62. The molecule has 1 saturated heterocycles. The molecule has 8 nitrogen and oxygen atoms in total. The van der Waals surface area contributed by atoms with E-state index in [1.807, 2.05) is 31.2 Å². The van der Waals surface area contributed by atoms with Crippen LogP contribution in [0.2, 0.25) is 0 Å². The molecular weight excluding hydrogens is 350 g/mol. The van der Waals surface area contributed by atoms with Gasteiger partial charge in [-0.25, -0.2) is 0 Å². The number of nitrogens with one attached hydrogen (secondary N) is 2. The lowest BCUT2D eigenvalue weighted by molar-refractivity contribution is -0.149. The fraction of sp³-hybridized carbons (Fsp3) is 0.526. The van der Waals surface area contributed by atoms with Gasteiger partial charge in [0.15, 0.2) is 0 Å². The molecule has 0 aliphatic carbocycles. The van der Waals surface area contributed by atoms with E-state index in [2.05, 4.69) is 10.6 Å². The van der Waals surface area contributed by atoms with Crippen LogP contribution in [0.3, 0.4) is 0 Å². The Balaban J connectivity index is 1.86. The van der Waals surface area contributed by atoms with Crippen LogP contribution >= 0.6 is 0 Å². The van der Waals surface area contributed by atoms with Crippen molar-refractivity contribution in [3.63, 3.8) is 0 Å². The Hall–Kier alpha value is -2.61. The molecule has 0 radical (unpaired) electrons. The maximum atomic E-state index is 12.3. The first-order valence-corrected chi connectivity index (χ1v) is 9.10. The second kappa shape index (κ2) is 10.5. The van der Waals surface area contributed by atoms with E-state index < -0.39 is 12.0 Å². The Bertz CT molecular complexity index is 647. The molecule has 0 aromatic heterocycles. The van der Waals surface area contributed by atoms with E-state index in [4.69, 9.17) is 9.47 Å². The van der Waals surface area contributed by atoms with Gasteiger partial charge in [-0.3, -0.25) is 19.3 Å². The van der Waals surface area contributed by atoms with Gasteiger partial charge in [-0.2, -0.15) is 0 Å². The lowest BCUT2D eigenvalue weighted by Gasteiger charge is -2.33. The van der Waals surface area contributed by atoms with Crippen LogP contribution in [0.1, 0.15) is 25.3 Å². The molecular formula is C19H27N3O5. The van der Waals surface area contributed by atoms with Crippen molar-refractivity contribution in [1.29, 1.82) is 0 Å². The first-order valence-electron chi connectivity index (χ1n) is 9.10. The third kappa shape index (κ3) is 6.56. The van der Waals surface area contributed by atoms with Crippen molar-refractivity contribution in [2.75, 3.05) is 33.4 Å². The number of piperazine rings is 1. The quantitative estimate of drug-likeness (QED) is 0.607. The predicted octanol–water partition coefficient (Wildman–Crippen LogP) is 0.455. The van der Waals surface area contributed by atoms with Gasteiger partial charge in [0.1, 0.15) is 11.8 Å². The number of carbonyl (C=O) groups is 3.